The van der Waals surface area contributed by atoms with Crippen LogP contribution in [-0.2, 0) is 7.05 Å². The fourth-order valence-corrected chi connectivity index (χ4v) is 3.45. The molecule has 0 unspecified atom stereocenters. The van der Waals surface area contributed by atoms with Crippen LogP contribution >= 0.6 is 22.9 Å². The van der Waals surface area contributed by atoms with E-state index in [4.69, 9.17) is 11.6 Å². The van der Waals surface area contributed by atoms with E-state index in [0.717, 1.165) is 10.9 Å². The lowest BCUT2D eigenvalue weighted by Crippen LogP contribution is -2.20. The minimum Gasteiger partial charge on any atom is -0.286 e. The SMILES string of the molecule is Cc1c(Cl)sc2c1c(-c1ccccc1F)nc(=O)n2C. The van der Waals surface area contributed by atoms with Crippen LogP contribution in [0.4, 0.5) is 4.39 Å². The maximum Gasteiger partial charge on any atom is 0.348 e. The normalized spacial score (nSPS) is 11.2. The average molecular weight is 309 g/mol. The first kappa shape index (κ1) is 13.3. The molecule has 0 amide bonds. The van der Waals surface area contributed by atoms with E-state index in [0.29, 0.717) is 20.4 Å². The number of nitrogens with zero attached hydrogens (tertiary/aromatic N) is 2. The zero-order chi connectivity index (χ0) is 14.4. The molecule has 1 aromatic carbocycles. The summed E-state index contributed by atoms with van der Waals surface area (Å²) in [5.41, 5.74) is 1.05. The minimum absolute atomic E-state index is 0.313. The molecule has 2 aromatic heterocycles. The van der Waals surface area contributed by atoms with E-state index in [2.05, 4.69) is 4.98 Å². The topological polar surface area (TPSA) is 34.9 Å². The second-order valence-electron chi connectivity index (χ2n) is 4.46. The van der Waals surface area contributed by atoms with Gasteiger partial charge in [0.05, 0.1) is 10.0 Å². The third kappa shape index (κ3) is 1.85. The van der Waals surface area contributed by atoms with Gasteiger partial charge in [-0.15, -0.1) is 11.3 Å². The van der Waals surface area contributed by atoms with Gasteiger partial charge in [-0.2, -0.15) is 4.98 Å². The van der Waals surface area contributed by atoms with E-state index in [1.807, 2.05) is 6.92 Å². The molecule has 3 nitrogen and oxygen atoms in total. The number of aromatic nitrogens is 2. The van der Waals surface area contributed by atoms with Gasteiger partial charge in [-0.3, -0.25) is 4.57 Å². The van der Waals surface area contributed by atoms with E-state index in [1.165, 1.54) is 22.0 Å². The molecule has 0 spiro atoms. The molecule has 6 heteroatoms. The number of aryl methyl sites for hydroxylation is 2. The first-order chi connectivity index (χ1) is 9.50. The molecule has 0 atom stereocenters. The van der Waals surface area contributed by atoms with Gasteiger partial charge in [0.25, 0.3) is 0 Å². The van der Waals surface area contributed by atoms with Gasteiger partial charge in [-0.25, -0.2) is 9.18 Å². The number of hydrogen-bond acceptors (Lipinski definition) is 3. The van der Waals surface area contributed by atoms with Gasteiger partial charge >= 0.3 is 5.69 Å². The largest absolute Gasteiger partial charge is 0.348 e. The van der Waals surface area contributed by atoms with E-state index >= 15 is 0 Å². The monoisotopic (exact) mass is 308 g/mol. The van der Waals surface area contributed by atoms with Crippen LogP contribution in [0.15, 0.2) is 29.1 Å². The Hall–Kier alpha value is -1.72. The van der Waals surface area contributed by atoms with Crippen LogP contribution in [0.25, 0.3) is 21.5 Å². The first-order valence-corrected chi connectivity index (χ1v) is 7.10. The maximum absolute atomic E-state index is 14.0. The summed E-state index contributed by atoms with van der Waals surface area (Å²) in [4.78, 5) is 16.7. The molecule has 0 saturated heterocycles. The van der Waals surface area contributed by atoms with Crippen molar-refractivity contribution in [1.29, 1.82) is 0 Å². The summed E-state index contributed by atoms with van der Waals surface area (Å²) in [6.07, 6.45) is 0. The number of hydrogen-bond donors (Lipinski definition) is 0. The third-order valence-corrected chi connectivity index (χ3v) is 4.91. The van der Waals surface area contributed by atoms with Crippen LogP contribution in [-0.4, -0.2) is 9.55 Å². The molecule has 3 rings (SSSR count). The summed E-state index contributed by atoms with van der Waals surface area (Å²) < 4.78 is 16.0. The standard InChI is InChI=1S/C14H10ClFN2OS/c1-7-10-11(8-5-3-4-6-9(8)16)17-14(19)18(2)13(10)20-12(7)15/h3-6H,1-2H3. The summed E-state index contributed by atoms with van der Waals surface area (Å²) in [5.74, 6) is -0.406. The van der Waals surface area contributed by atoms with Crippen molar-refractivity contribution in [2.24, 2.45) is 7.05 Å². The lowest BCUT2D eigenvalue weighted by molar-refractivity contribution is 0.630. The molecule has 0 aliphatic rings. The quantitative estimate of drug-likeness (QED) is 0.686. The third-order valence-electron chi connectivity index (χ3n) is 3.23. The second kappa shape index (κ2) is 4.68. The van der Waals surface area contributed by atoms with Crippen molar-refractivity contribution in [3.8, 4) is 11.3 Å². The van der Waals surface area contributed by atoms with Gasteiger partial charge in [0, 0.05) is 18.0 Å². The fraction of sp³-hybridized carbons (Fsp3) is 0.143. The average Bonchev–Trinajstić information content (AvgIpc) is 2.72. The lowest BCUT2D eigenvalue weighted by atomic mass is 10.1. The lowest BCUT2D eigenvalue weighted by Gasteiger charge is -2.07. The molecule has 0 aliphatic carbocycles. The second-order valence-corrected chi connectivity index (χ2v) is 6.06. The van der Waals surface area contributed by atoms with Crippen LogP contribution in [0.2, 0.25) is 4.34 Å². The van der Waals surface area contributed by atoms with Gasteiger partial charge in [-0.1, -0.05) is 23.7 Å². The van der Waals surface area contributed by atoms with Crippen LogP contribution in [0.3, 0.4) is 0 Å². The van der Waals surface area contributed by atoms with Crippen LogP contribution in [0.5, 0.6) is 0 Å². The number of fused-ring (bicyclic) bond motifs is 1. The Morgan fingerprint density at radius 3 is 2.75 bits per heavy atom. The zero-order valence-corrected chi connectivity index (χ0v) is 12.3. The Kier molecular flexibility index (Phi) is 3.11. The molecule has 20 heavy (non-hydrogen) atoms. The number of benzene rings is 1. The smallest absolute Gasteiger partial charge is 0.286 e. The molecule has 0 bridgehead atoms. The van der Waals surface area contributed by atoms with Crippen molar-refractivity contribution in [1.82, 2.24) is 9.55 Å². The van der Waals surface area contributed by atoms with Crippen LogP contribution < -0.4 is 5.69 Å². The number of rotatable bonds is 1. The fourth-order valence-electron chi connectivity index (χ4n) is 2.15. The summed E-state index contributed by atoms with van der Waals surface area (Å²) >= 11 is 7.46. The first-order valence-electron chi connectivity index (χ1n) is 5.91. The van der Waals surface area contributed by atoms with E-state index in [1.54, 1.807) is 25.2 Å². The van der Waals surface area contributed by atoms with Crippen molar-refractivity contribution in [3.05, 3.63) is 50.5 Å². The van der Waals surface area contributed by atoms with Gasteiger partial charge in [0.1, 0.15) is 10.6 Å². The van der Waals surface area contributed by atoms with Gasteiger partial charge in [-0.05, 0) is 24.6 Å². The molecule has 102 valence electrons. The van der Waals surface area contributed by atoms with Crippen LogP contribution in [0.1, 0.15) is 5.56 Å². The van der Waals surface area contributed by atoms with Gasteiger partial charge in [0.15, 0.2) is 0 Å². The molecule has 0 N–H and O–H groups in total. The van der Waals surface area contributed by atoms with Crippen molar-refractivity contribution in [3.63, 3.8) is 0 Å². The summed E-state index contributed by atoms with van der Waals surface area (Å²) in [7, 11) is 1.63. The van der Waals surface area contributed by atoms with Crippen LogP contribution in [0, 0.1) is 12.7 Å². The Bertz CT molecular complexity index is 885. The molecule has 0 fully saturated rings. The Morgan fingerprint density at radius 2 is 2.05 bits per heavy atom. The molecule has 0 aliphatic heterocycles. The van der Waals surface area contributed by atoms with Crippen molar-refractivity contribution < 1.29 is 4.39 Å². The predicted molar refractivity (Wildman–Crippen MR) is 80.0 cm³/mol. The summed E-state index contributed by atoms with van der Waals surface area (Å²) in [6, 6.07) is 6.28. The van der Waals surface area contributed by atoms with E-state index < -0.39 is 11.5 Å². The highest BCUT2D eigenvalue weighted by molar-refractivity contribution is 7.22. The molecule has 0 saturated carbocycles. The van der Waals surface area contributed by atoms with Gasteiger partial charge < -0.3 is 0 Å². The molecule has 2 heterocycles. The highest BCUT2D eigenvalue weighted by atomic mass is 35.5. The molecule has 3 aromatic rings. The van der Waals surface area contributed by atoms with Crippen molar-refractivity contribution in [2.75, 3.05) is 0 Å². The van der Waals surface area contributed by atoms with Crippen molar-refractivity contribution >= 4 is 33.2 Å². The summed E-state index contributed by atoms with van der Waals surface area (Å²) in [5, 5.41) is 0.729. The predicted octanol–water partition coefficient (Wildman–Crippen LogP) is 3.76. The zero-order valence-electron chi connectivity index (χ0n) is 10.8. The molecule has 0 radical (unpaired) electrons. The van der Waals surface area contributed by atoms with E-state index in [9.17, 15) is 9.18 Å². The Morgan fingerprint density at radius 1 is 1.35 bits per heavy atom. The highest BCUT2D eigenvalue weighted by Gasteiger charge is 2.19. The van der Waals surface area contributed by atoms with E-state index in [-0.39, 0.29) is 0 Å². The Labute approximate surface area is 123 Å². The minimum atomic E-state index is -0.423. The number of halogens is 2. The van der Waals surface area contributed by atoms with Crippen molar-refractivity contribution in [2.45, 2.75) is 6.92 Å². The number of thiophene rings is 1. The van der Waals surface area contributed by atoms with Gasteiger partial charge in [0.2, 0.25) is 0 Å². The highest BCUT2D eigenvalue weighted by Crippen LogP contribution is 2.38. The Balaban J connectivity index is 2.51. The molecular weight excluding hydrogens is 299 g/mol. The summed E-state index contributed by atoms with van der Waals surface area (Å²) in [6.45, 7) is 1.84. The molecular formula is C14H10ClFN2OS. The maximum atomic E-state index is 14.0.